The molecule has 0 amide bonds. The van der Waals surface area contributed by atoms with Gasteiger partial charge in [-0.05, 0) is 20.3 Å². The number of hydrogen-bond acceptors (Lipinski definition) is 2. The zero-order chi connectivity index (χ0) is 14.6. The van der Waals surface area contributed by atoms with Gasteiger partial charge in [0.25, 0.3) is 0 Å². The molecule has 0 aliphatic heterocycles. The lowest BCUT2D eigenvalue weighted by Gasteiger charge is -2.17. The van der Waals surface area contributed by atoms with Crippen molar-refractivity contribution in [3.8, 4) is 0 Å². The molecular formula is C16H35NOS. The van der Waals surface area contributed by atoms with Gasteiger partial charge in [-0.1, -0.05) is 64.7 Å². The lowest BCUT2D eigenvalue weighted by molar-refractivity contribution is 0.559. The molecule has 1 atom stereocenters. The highest BCUT2D eigenvalue weighted by Gasteiger charge is 2.14. The highest BCUT2D eigenvalue weighted by molar-refractivity contribution is 7.85. The molecule has 0 rings (SSSR count). The van der Waals surface area contributed by atoms with E-state index in [-0.39, 0.29) is 5.54 Å². The lowest BCUT2D eigenvalue weighted by Crippen LogP contribution is -2.38. The fraction of sp³-hybridized carbons (Fsp3) is 1.00. The quantitative estimate of drug-likeness (QED) is 0.511. The number of unbranched alkanes of at least 4 members (excludes halogenated alkanes) is 9. The summed E-state index contributed by atoms with van der Waals surface area (Å²) >= 11 is 0. The standard InChI is InChI=1S/C16H35NOS/c1-4-5-6-7-8-9-10-11-12-13-14-19(18)15-16(2,3)17/h4-15,17H2,1-3H3. The van der Waals surface area contributed by atoms with E-state index in [0.717, 1.165) is 12.2 Å². The van der Waals surface area contributed by atoms with E-state index in [0.29, 0.717) is 5.75 Å². The van der Waals surface area contributed by atoms with Gasteiger partial charge in [0.2, 0.25) is 0 Å². The Kier molecular flexibility index (Phi) is 12.0. The van der Waals surface area contributed by atoms with Crippen LogP contribution in [0.25, 0.3) is 0 Å². The van der Waals surface area contributed by atoms with Crippen LogP contribution in [0.4, 0.5) is 0 Å². The number of rotatable bonds is 13. The highest BCUT2D eigenvalue weighted by atomic mass is 32.2. The summed E-state index contributed by atoms with van der Waals surface area (Å²) in [6.07, 6.45) is 13.3. The Balaban J connectivity index is 3.21. The van der Waals surface area contributed by atoms with E-state index in [1.165, 1.54) is 57.8 Å². The van der Waals surface area contributed by atoms with Crippen molar-refractivity contribution in [1.82, 2.24) is 0 Å². The van der Waals surface area contributed by atoms with Crippen LogP contribution in [-0.2, 0) is 10.8 Å². The third kappa shape index (κ3) is 16.1. The number of nitrogens with two attached hydrogens (primary N) is 1. The zero-order valence-corrected chi connectivity index (χ0v) is 14.2. The molecule has 0 saturated heterocycles. The summed E-state index contributed by atoms with van der Waals surface area (Å²) in [5.41, 5.74) is 5.57. The van der Waals surface area contributed by atoms with Crippen LogP contribution in [-0.4, -0.2) is 21.3 Å². The second-order valence-electron chi connectivity index (χ2n) is 6.46. The second-order valence-corrected chi connectivity index (χ2v) is 8.04. The molecule has 0 aliphatic rings. The minimum atomic E-state index is -0.727. The third-order valence-electron chi connectivity index (χ3n) is 3.26. The summed E-state index contributed by atoms with van der Waals surface area (Å²) in [4.78, 5) is 0. The molecule has 116 valence electrons. The van der Waals surface area contributed by atoms with Crippen molar-refractivity contribution in [2.24, 2.45) is 5.73 Å². The summed E-state index contributed by atoms with van der Waals surface area (Å²) < 4.78 is 11.7. The van der Waals surface area contributed by atoms with Gasteiger partial charge in [0.15, 0.2) is 0 Å². The van der Waals surface area contributed by atoms with Crippen LogP contribution >= 0.6 is 0 Å². The first-order chi connectivity index (χ1) is 8.95. The molecule has 0 radical (unpaired) electrons. The largest absolute Gasteiger partial charge is 0.325 e. The zero-order valence-electron chi connectivity index (χ0n) is 13.4. The molecule has 0 aromatic rings. The molecule has 1 unspecified atom stereocenters. The molecular weight excluding hydrogens is 254 g/mol. The van der Waals surface area contributed by atoms with Gasteiger partial charge in [0.05, 0.1) is 0 Å². The number of hydrogen-bond donors (Lipinski definition) is 1. The van der Waals surface area contributed by atoms with Gasteiger partial charge < -0.3 is 5.73 Å². The first kappa shape index (κ1) is 19.1. The Hall–Kier alpha value is 0.110. The van der Waals surface area contributed by atoms with E-state index in [1.54, 1.807) is 0 Å². The minimum absolute atomic E-state index is 0.288. The van der Waals surface area contributed by atoms with Gasteiger partial charge in [-0.3, -0.25) is 4.21 Å². The van der Waals surface area contributed by atoms with E-state index in [2.05, 4.69) is 6.92 Å². The maximum absolute atomic E-state index is 11.7. The molecule has 0 aliphatic carbocycles. The average Bonchev–Trinajstić information content (AvgIpc) is 2.29. The summed E-state index contributed by atoms with van der Waals surface area (Å²) in [6, 6.07) is 0. The summed E-state index contributed by atoms with van der Waals surface area (Å²) in [5, 5.41) is 0. The fourth-order valence-corrected chi connectivity index (χ4v) is 3.74. The molecule has 0 aromatic carbocycles. The lowest BCUT2D eigenvalue weighted by atomic mass is 10.1. The van der Waals surface area contributed by atoms with Gasteiger partial charge >= 0.3 is 0 Å². The van der Waals surface area contributed by atoms with Crippen LogP contribution in [0.1, 0.15) is 85.0 Å². The van der Waals surface area contributed by atoms with Crippen molar-refractivity contribution in [3.63, 3.8) is 0 Å². The van der Waals surface area contributed by atoms with Crippen molar-refractivity contribution in [1.29, 1.82) is 0 Å². The summed E-state index contributed by atoms with van der Waals surface area (Å²) in [5.74, 6) is 1.46. The van der Waals surface area contributed by atoms with Crippen molar-refractivity contribution in [3.05, 3.63) is 0 Å². The van der Waals surface area contributed by atoms with Crippen molar-refractivity contribution < 1.29 is 4.21 Å². The van der Waals surface area contributed by atoms with Gasteiger partial charge in [-0.2, -0.15) is 0 Å². The normalized spacial score (nSPS) is 13.7. The smallest absolute Gasteiger partial charge is 0.0409 e. The van der Waals surface area contributed by atoms with E-state index in [9.17, 15) is 4.21 Å². The first-order valence-electron chi connectivity index (χ1n) is 8.09. The highest BCUT2D eigenvalue weighted by Crippen LogP contribution is 2.11. The Labute approximate surface area is 123 Å². The molecule has 0 spiro atoms. The molecule has 19 heavy (non-hydrogen) atoms. The van der Waals surface area contributed by atoms with E-state index in [1.807, 2.05) is 13.8 Å². The molecule has 0 fully saturated rings. The van der Waals surface area contributed by atoms with Gasteiger partial charge in [-0.25, -0.2) is 0 Å². The van der Waals surface area contributed by atoms with Crippen molar-refractivity contribution in [2.45, 2.75) is 90.5 Å². The second kappa shape index (κ2) is 11.9. The Bertz CT molecular complexity index is 223. The van der Waals surface area contributed by atoms with Crippen LogP contribution in [0, 0.1) is 0 Å². The average molecular weight is 290 g/mol. The molecule has 0 heterocycles. The van der Waals surface area contributed by atoms with Crippen LogP contribution in [0.5, 0.6) is 0 Å². The summed E-state index contributed by atoms with van der Waals surface area (Å²) in [6.45, 7) is 6.16. The Morgan fingerprint density at radius 3 is 1.68 bits per heavy atom. The van der Waals surface area contributed by atoms with E-state index >= 15 is 0 Å². The third-order valence-corrected chi connectivity index (χ3v) is 5.07. The molecule has 2 N–H and O–H groups in total. The fourth-order valence-electron chi connectivity index (χ4n) is 2.24. The van der Waals surface area contributed by atoms with Crippen LogP contribution in [0.3, 0.4) is 0 Å². The molecule has 0 saturated carbocycles. The summed E-state index contributed by atoms with van der Waals surface area (Å²) in [7, 11) is -0.727. The first-order valence-corrected chi connectivity index (χ1v) is 9.58. The maximum atomic E-state index is 11.7. The van der Waals surface area contributed by atoms with Crippen LogP contribution in [0.2, 0.25) is 0 Å². The molecule has 3 heteroatoms. The Morgan fingerprint density at radius 1 is 0.842 bits per heavy atom. The predicted octanol–water partition coefficient (Wildman–Crippen LogP) is 4.39. The topological polar surface area (TPSA) is 43.1 Å². The van der Waals surface area contributed by atoms with E-state index < -0.39 is 10.8 Å². The maximum Gasteiger partial charge on any atom is 0.0409 e. The van der Waals surface area contributed by atoms with Crippen molar-refractivity contribution >= 4 is 10.8 Å². The van der Waals surface area contributed by atoms with Crippen LogP contribution in [0.15, 0.2) is 0 Å². The Morgan fingerprint density at radius 2 is 1.26 bits per heavy atom. The SMILES string of the molecule is CCCCCCCCCCCCS(=O)CC(C)(C)N. The molecule has 0 aromatic heterocycles. The van der Waals surface area contributed by atoms with Gasteiger partial charge in [0, 0.05) is 27.8 Å². The molecule has 0 bridgehead atoms. The van der Waals surface area contributed by atoms with Crippen molar-refractivity contribution in [2.75, 3.05) is 11.5 Å². The van der Waals surface area contributed by atoms with Gasteiger partial charge in [0.1, 0.15) is 0 Å². The predicted molar refractivity (Wildman–Crippen MR) is 88.0 cm³/mol. The van der Waals surface area contributed by atoms with Gasteiger partial charge in [-0.15, -0.1) is 0 Å². The minimum Gasteiger partial charge on any atom is -0.325 e. The monoisotopic (exact) mass is 289 g/mol. The molecule has 2 nitrogen and oxygen atoms in total. The van der Waals surface area contributed by atoms with Crippen LogP contribution < -0.4 is 5.73 Å². The van der Waals surface area contributed by atoms with E-state index in [4.69, 9.17) is 5.73 Å².